The fraction of sp³-hybridized carbons (Fsp3) is 0.200. The minimum absolute atomic E-state index is 0.312. The van der Waals surface area contributed by atoms with Gasteiger partial charge in [0, 0.05) is 12.7 Å². The molecule has 5 nitrogen and oxygen atoms in total. The van der Waals surface area contributed by atoms with E-state index in [0.29, 0.717) is 29.0 Å². The van der Waals surface area contributed by atoms with Crippen LogP contribution in [-0.4, -0.2) is 17.3 Å². The molecule has 84 valence electrons. The standard InChI is InChI=1S/C10H10ClN3O2/c1-15-5-9-13-10(16-14-9)6-2-3-8(12)7(11)4-6/h2-4H,5,12H2,1H3. The molecule has 2 rings (SSSR count). The summed E-state index contributed by atoms with van der Waals surface area (Å²) in [5, 5.41) is 4.21. The zero-order valence-electron chi connectivity index (χ0n) is 8.61. The Morgan fingerprint density at radius 1 is 1.50 bits per heavy atom. The second-order valence-electron chi connectivity index (χ2n) is 3.19. The monoisotopic (exact) mass is 239 g/mol. The number of halogens is 1. The highest BCUT2D eigenvalue weighted by Crippen LogP contribution is 2.25. The Hall–Kier alpha value is -1.59. The number of nitrogen functional groups attached to an aromatic ring is 1. The van der Waals surface area contributed by atoms with Crippen LogP contribution in [0.15, 0.2) is 22.7 Å². The fourth-order valence-electron chi connectivity index (χ4n) is 1.22. The van der Waals surface area contributed by atoms with E-state index in [4.69, 9.17) is 26.6 Å². The Labute approximate surface area is 97.2 Å². The van der Waals surface area contributed by atoms with Crippen LogP contribution in [0.1, 0.15) is 5.82 Å². The summed E-state index contributed by atoms with van der Waals surface area (Å²) in [6, 6.07) is 5.14. The van der Waals surface area contributed by atoms with Crippen LogP contribution in [0.5, 0.6) is 0 Å². The molecule has 0 aliphatic carbocycles. The summed E-state index contributed by atoms with van der Waals surface area (Å²) in [5.41, 5.74) is 6.85. The zero-order chi connectivity index (χ0) is 11.5. The van der Waals surface area contributed by atoms with Gasteiger partial charge in [0.2, 0.25) is 0 Å². The number of methoxy groups -OCH3 is 1. The van der Waals surface area contributed by atoms with E-state index in [-0.39, 0.29) is 0 Å². The SMILES string of the molecule is COCc1noc(-c2ccc(N)c(Cl)c2)n1. The molecule has 0 radical (unpaired) electrons. The van der Waals surface area contributed by atoms with Gasteiger partial charge in [0.05, 0.1) is 10.7 Å². The molecule has 2 aromatic rings. The fourth-order valence-corrected chi connectivity index (χ4v) is 1.40. The summed E-state index contributed by atoms with van der Waals surface area (Å²) >= 11 is 5.89. The van der Waals surface area contributed by atoms with Crippen molar-refractivity contribution in [2.75, 3.05) is 12.8 Å². The minimum atomic E-state index is 0.312. The number of benzene rings is 1. The third-order valence-electron chi connectivity index (χ3n) is 1.99. The molecule has 0 aliphatic heterocycles. The first-order valence-corrected chi connectivity index (χ1v) is 4.95. The Morgan fingerprint density at radius 3 is 3.00 bits per heavy atom. The van der Waals surface area contributed by atoms with Gasteiger partial charge in [-0.2, -0.15) is 4.98 Å². The first-order valence-electron chi connectivity index (χ1n) is 4.57. The molecular formula is C10H10ClN3O2. The Balaban J connectivity index is 2.31. The van der Waals surface area contributed by atoms with Crippen LogP contribution in [0.4, 0.5) is 5.69 Å². The quantitative estimate of drug-likeness (QED) is 0.831. The lowest BCUT2D eigenvalue weighted by molar-refractivity contribution is 0.174. The van der Waals surface area contributed by atoms with E-state index in [1.807, 2.05) is 0 Å². The van der Waals surface area contributed by atoms with Gasteiger partial charge in [-0.05, 0) is 18.2 Å². The summed E-state index contributed by atoms with van der Waals surface area (Å²) in [6.07, 6.45) is 0. The van der Waals surface area contributed by atoms with Crippen molar-refractivity contribution in [3.8, 4) is 11.5 Å². The Bertz CT molecular complexity index is 499. The molecule has 0 unspecified atom stereocenters. The average Bonchev–Trinajstić information content (AvgIpc) is 2.71. The number of ether oxygens (including phenoxy) is 1. The van der Waals surface area contributed by atoms with Crippen LogP contribution >= 0.6 is 11.6 Å². The third kappa shape index (κ3) is 2.15. The largest absolute Gasteiger partial charge is 0.398 e. The number of aromatic nitrogens is 2. The van der Waals surface area contributed by atoms with E-state index < -0.39 is 0 Å². The van der Waals surface area contributed by atoms with E-state index in [0.717, 1.165) is 5.56 Å². The van der Waals surface area contributed by atoms with Gasteiger partial charge in [-0.15, -0.1) is 0 Å². The summed E-state index contributed by atoms with van der Waals surface area (Å²) in [4.78, 5) is 4.14. The van der Waals surface area contributed by atoms with Crippen molar-refractivity contribution in [3.05, 3.63) is 29.0 Å². The first kappa shape index (κ1) is 10.9. The van der Waals surface area contributed by atoms with Crippen LogP contribution in [-0.2, 0) is 11.3 Å². The van der Waals surface area contributed by atoms with Crippen molar-refractivity contribution in [3.63, 3.8) is 0 Å². The molecule has 6 heteroatoms. The normalized spacial score (nSPS) is 10.6. The maximum Gasteiger partial charge on any atom is 0.258 e. The number of nitrogens with two attached hydrogens (primary N) is 1. The molecule has 1 aromatic heterocycles. The van der Waals surface area contributed by atoms with E-state index in [1.54, 1.807) is 25.3 Å². The highest BCUT2D eigenvalue weighted by Gasteiger charge is 2.09. The van der Waals surface area contributed by atoms with E-state index in [2.05, 4.69) is 10.1 Å². The molecule has 16 heavy (non-hydrogen) atoms. The molecule has 0 bridgehead atoms. The number of rotatable bonds is 3. The van der Waals surface area contributed by atoms with Crippen molar-refractivity contribution in [2.45, 2.75) is 6.61 Å². The second kappa shape index (κ2) is 4.51. The zero-order valence-corrected chi connectivity index (χ0v) is 9.36. The van der Waals surface area contributed by atoms with Crippen molar-refractivity contribution in [2.24, 2.45) is 0 Å². The van der Waals surface area contributed by atoms with Crippen molar-refractivity contribution >= 4 is 17.3 Å². The average molecular weight is 240 g/mol. The molecule has 0 amide bonds. The lowest BCUT2D eigenvalue weighted by Crippen LogP contribution is -1.90. The smallest absolute Gasteiger partial charge is 0.258 e. The van der Waals surface area contributed by atoms with Gasteiger partial charge in [-0.3, -0.25) is 0 Å². The molecule has 1 heterocycles. The molecule has 0 fully saturated rings. The molecule has 0 spiro atoms. The maximum atomic E-state index is 5.89. The van der Waals surface area contributed by atoms with Gasteiger partial charge in [-0.25, -0.2) is 0 Å². The predicted octanol–water partition coefficient (Wildman–Crippen LogP) is 2.12. The van der Waals surface area contributed by atoms with Crippen LogP contribution in [0, 0.1) is 0 Å². The lowest BCUT2D eigenvalue weighted by Gasteiger charge is -1.98. The van der Waals surface area contributed by atoms with Crippen LogP contribution in [0.2, 0.25) is 5.02 Å². The number of nitrogens with zero attached hydrogens (tertiary/aromatic N) is 2. The van der Waals surface area contributed by atoms with Gasteiger partial charge in [0.15, 0.2) is 5.82 Å². The molecular weight excluding hydrogens is 230 g/mol. The van der Waals surface area contributed by atoms with Crippen LogP contribution < -0.4 is 5.73 Å². The molecule has 0 aliphatic rings. The van der Waals surface area contributed by atoms with Gasteiger partial charge < -0.3 is 15.0 Å². The van der Waals surface area contributed by atoms with Crippen molar-refractivity contribution < 1.29 is 9.26 Å². The molecule has 0 saturated heterocycles. The highest BCUT2D eigenvalue weighted by atomic mass is 35.5. The number of anilines is 1. The van der Waals surface area contributed by atoms with E-state index >= 15 is 0 Å². The van der Waals surface area contributed by atoms with Crippen molar-refractivity contribution in [1.82, 2.24) is 10.1 Å². The molecule has 1 aromatic carbocycles. The van der Waals surface area contributed by atoms with Crippen LogP contribution in [0.3, 0.4) is 0 Å². The van der Waals surface area contributed by atoms with E-state index in [1.165, 1.54) is 0 Å². The maximum absolute atomic E-state index is 5.89. The summed E-state index contributed by atoms with van der Waals surface area (Å²) < 4.78 is 9.95. The van der Waals surface area contributed by atoms with E-state index in [9.17, 15) is 0 Å². The minimum Gasteiger partial charge on any atom is -0.398 e. The highest BCUT2D eigenvalue weighted by molar-refractivity contribution is 6.33. The first-order chi connectivity index (χ1) is 7.70. The van der Waals surface area contributed by atoms with Crippen LogP contribution in [0.25, 0.3) is 11.5 Å². The lowest BCUT2D eigenvalue weighted by atomic mass is 10.2. The Kier molecular flexibility index (Phi) is 3.07. The van der Waals surface area contributed by atoms with Gasteiger partial charge >= 0.3 is 0 Å². The van der Waals surface area contributed by atoms with Gasteiger partial charge in [0.25, 0.3) is 5.89 Å². The number of hydrogen-bond donors (Lipinski definition) is 1. The second-order valence-corrected chi connectivity index (χ2v) is 3.59. The summed E-state index contributed by atoms with van der Waals surface area (Å²) in [6.45, 7) is 0.312. The van der Waals surface area contributed by atoms with Gasteiger partial charge in [0.1, 0.15) is 6.61 Å². The number of hydrogen-bond acceptors (Lipinski definition) is 5. The van der Waals surface area contributed by atoms with Crippen molar-refractivity contribution in [1.29, 1.82) is 0 Å². The predicted molar refractivity (Wildman–Crippen MR) is 59.9 cm³/mol. The molecule has 2 N–H and O–H groups in total. The molecule has 0 saturated carbocycles. The third-order valence-corrected chi connectivity index (χ3v) is 2.32. The van der Waals surface area contributed by atoms with Gasteiger partial charge in [-0.1, -0.05) is 16.8 Å². The Morgan fingerprint density at radius 2 is 2.31 bits per heavy atom. The topological polar surface area (TPSA) is 74.2 Å². The summed E-state index contributed by atoms with van der Waals surface area (Å²) in [5.74, 6) is 0.888. The summed E-state index contributed by atoms with van der Waals surface area (Å²) in [7, 11) is 1.57. The molecule has 0 atom stereocenters.